The predicted molar refractivity (Wildman–Crippen MR) is 70.5 cm³/mol. The van der Waals surface area contributed by atoms with Crippen LogP contribution in [-0.2, 0) is 6.54 Å². The molecular formula is C12H19BrN2. The van der Waals surface area contributed by atoms with Crippen molar-refractivity contribution < 1.29 is 0 Å². The second-order valence-corrected chi connectivity index (χ2v) is 4.34. The molecule has 0 heterocycles. The van der Waals surface area contributed by atoms with Crippen LogP contribution < -0.4 is 10.2 Å². The van der Waals surface area contributed by atoms with Crippen molar-refractivity contribution in [2.75, 3.05) is 25.0 Å². The molecule has 1 rings (SSSR count). The topological polar surface area (TPSA) is 15.3 Å². The predicted octanol–water partition coefficient (Wildman–Crippen LogP) is 3.01. The minimum absolute atomic E-state index is 0.914. The third-order valence-electron chi connectivity index (χ3n) is 2.50. The Morgan fingerprint density at radius 2 is 1.93 bits per heavy atom. The lowest BCUT2D eigenvalue weighted by Crippen LogP contribution is -2.22. The Morgan fingerprint density at radius 3 is 2.40 bits per heavy atom. The largest absolute Gasteiger partial charge is 0.371 e. The highest BCUT2D eigenvalue weighted by Gasteiger charge is 2.06. The van der Waals surface area contributed by atoms with E-state index < -0.39 is 0 Å². The van der Waals surface area contributed by atoms with Crippen molar-refractivity contribution in [3.8, 4) is 0 Å². The number of hydrogen-bond acceptors (Lipinski definition) is 2. The molecule has 1 N–H and O–H groups in total. The Hall–Kier alpha value is -0.540. The lowest BCUT2D eigenvalue weighted by atomic mass is 10.2. The van der Waals surface area contributed by atoms with Gasteiger partial charge in [0.1, 0.15) is 0 Å². The first-order chi connectivity index (χ1) is 7.22. The monoisotopic (exact) mass is 270 g/mol. The first-order valence-electron chi connectivity index (χ1n) is 5.40. The van der Waals surface area contributed by atoms with Gasteiger partial charge in [0, 0.05) is 24.1 Å². The highest BCUT2D eigenvalue weighted by molar-refractivity contribution is 9.10. The smallest absolute Gasteiger partial charge is 0.0510 e. The molecule has 0 saturated heterocycles. The van der Waals surface area contributed by atoms with Crippen LogP contribution in [-0.4, -0.2) is 20.1 Å². The lowest BCUT2D eigenvalue weighted by molar-refractivity contribution is 0.814. The normalized spacial score (nSPS) is 10.4. The second-order valence-electron chi connectivity index (χ2n) is 3.49. The van der Waals surface area contributed by atoms with Crippen molar-refractivity contribution >= 4 is 21.6 Å². The minimum Gasteiger partial charge on any atom is -0.371 e. The van der Waals surface area contributed by atoms with Gasteiger partial charge in [-0.3, -0.25) is 0 Å². The highest BCUT2D eigenvalue weighted by atomic mass is 79.9. The van der Waals surface area contributed by atoms with E-state index in [9.17, 15) is 0 Å². The fourth-order valence-electron chi connectivity index (χ4n) is 1.69. The number of benzene rings is 1. The standard InChI is InChI=1S/C12H19BrN2/c1-4-15(5-2)12-7-6-10(9-14-3)8-11(12)13/h6-8,14H,4-5,9H2,1-3H3. The van der Waals surface area contributed by atoms with E-state index >= 15 is 0 Å². The van der Waals surface area contributed by atoms with Crippen molar-refractivity contribution in [2.24, 2.45) is 0 Å². The van der Waals surface area contributed by atoms with Crippen molar-refractivity contribution in [1.82, 2.24) is 5.32 Å². The molecule has 0 aliphatic carbocycles. The summed E-state index contributed by atoms with van der Waals surface area (Å²) in [5.74, 6) is 0. The zero-order valence-corrected chi connectivity index (χ0v) is 11.3. The molecule has 3 heteroatoms. The van der Waals surface area contributed by atoms with Crippen LogP contribution in [0.1, 0.15) is 19.4 Å². The van der Waals surface area contributed by atoms with Crippen molar-refractivity contribution in [3.63, 3.8) is 0 Å². The third-order valence-corrected chi connectivity index (χ3v) is 3.13. The summed E-state index contributed by atoms with van der Waals surface area (Å²) in [7, 11) is 1.96. The molecule has 0 aliphatic rings. The maximum Gasteiger partial charge on any atom is 0.0510 e. The summed E-state index contributed by atoms with van der Waals surface area (Å²) in [5.41, 5.74) is 2.58. The van der Waals surface area contributed by atoms with E-state index in [2.05, 4.69) is 58.2 Å². The van der Waals surface area contributed by atoms with Crippen LogP contribution in [0, 0.1) is 0 Å². The first-order valence-corrected chi connectivity index (χ1v) is 6.20. The molecule has 0 unspecified atom stereocenters. The third kappa shape index (κ3) is 3.21. The molecule has 1 aromatic carbocycles. The van der Waals surface area contributed by atoms with Crippen LogP contribution in [0.15, 0.2) is 22.7 Å². The SMILES string of the molecule is CCN(CC)c1ccc(CNC)cc1Br. The van der Waals surface area contributed by atoms with Crippen LogP contribution in [0.2, 0.25) is 0 Å². The van der Waals surface area contributed by atoms with E-state index in [-0.39, 0.29) is 0 Å². The van der Waals surface area contributed by atoms with E-state index in [0.717, 1.165) is 19.6 Å². The molecule has 0 aromatic heterocycles. The molecule has 84 valence electrons. The molecule has 0 aliphatic heterocycles. The number of nitrogens with zero attached hydrogens (tertiary/aromatic N) is 1. The van der Waals surface area contributed by atoms with Crippen LogP contribution in [0.3, 0.4) is 0 Å². The van der Waals surface area contributed by atoms with Crippen LogP contribution in [0.25, 0.3) is 0 Å². The fraction of sp³-hybridized carbons (Fsp3) is 0.500. The number of anilines is 1. The van der Waals surface area contributed by atoms with Gasteiger partial charge in [0.2, 0.25) is 0 Å². The Labute approximate surface area is 101 Å². The van der Waals surface area contributed by atoms with Crippen molar-refractivity contribution in [3.05, 3.63) is 28.2 Å². The summed E-state index contributed by atoms with van der Waals surface area (Å²) in [6, 6.07) is 6.54. The molecule has 0 atom stereocenters. The molecule has 2 nitrogen and oxygen atoms in total. The van der Waals surface area contributed by atoms with Gasteiger partial charge in [-0.1, -0.05) is 6.07 Å². The average Bonchev–Trinajstić information content (AvgIpc) is 2.23. The molecule has 0 saturated carbocycles. The van der Waals surface area contributed by atoms with Gasteiger partial charge in [-0.05, 0) is 54.5 Å². The van der Waals surface area contributed by atoms with Gasteiger partial charge in [-0.2, -0.15) is 0 Å². The summed E-state index contributed by atoms with van der Waals surface area (Å²) in [6.07, 6.45) is 0. The second kappa shape index (κ2) is 6.13. The molecule has 0 bridgehead atoms. The fourth-order valence-corrected chi connectivity index (χ4v) is 2.36. The first kappa shape index (κ1) is 12.5. The van der Waals surface area contributed by atoms with Crippen molar-refractivity contribution in [2.45, 2.75) is 20.4 Å². The Kier molecular flexibility index (Phi) is 5.12. The Morgan fingerprint density at radius 1 is 1.27 bits per heavy atom. The Bertz CT molecular complexity index is 308. The maximum absolute atomic E-state index is 3.63. The quantitative estimate of drug-likeness (QED) is 0.885. The van der Waals surface area contributed by atoms with E-state index in [1.807, 2.05) is 7.05 Å². The highest BCUT2D eigenvalue weighted by Crippen LogP contribution is 2.27. The van der Waals surface area contributed by atoms with Gasteiger partial charge in [0.25, 0.3) is 0 Å². The molecular weight excluding hydrogens is 252 g/mol. The van der Waals surface area contributed by atoms with Crippen LogP contribution in [0.5, 0.6) is 0 Å². The van der Waals surface area contributed by atoms with Crippen LogP contribution >= 0.6 is 15.9 Å². The summed E-state index contributed by atoms with van der Waals surface area (Å²) < 4.78 is 1.18. The van der Waals surface area contributed by atoms with E-state index in [1.165, 1.54) is 15.7 Å². The van der Waals surface area contributed by atoms with Crippen LogP contribution in [0.4, 0.5) is 5.69 Å². The summed E-state index contributed by atoms with van der Waals surface area (Å²) >= 11 is 3.63. The number of halogens is 1. The molecule has 1 aromatic rings. The van der Waals surface area contributed by atoms with Gasteiger partial charge in [-0.25, -0.2) is 0 Å². The maximum atomic E-state index is 3.63. The number of hydrogen-bond donors (Lipinski definition) is 1. The zero-order valence-electron chi connectivity index (χ0n) is 9.68. The number of rotatable bonds is 5. The Balaban J connectivity index is 2.91. The van der Waals surface area contributed by atoms with Gasteiger partial charge in [0.05, 0.1) is 5.69 Å². The molecule has 0 fully saturated rings. The summed E-state index contributed by atoms with van der Waals surface area (Å²) in [6.45, 7) is 7.35. The molecule has 0 spiro atoms. The summed E-state index contributed by atoms with van der Waals surface area (Å²) in [5, 5.41) is 3.15. The number of nitrogens with one attached hydrogen (secondary N) is 1. The van der Waals surface area contributed by atoms with E-state index in [1.54, 1.807) is 0 Å². The molecule has 0 radical (unpaired) electrons. The van der Waals surface area contributed by atoms with Gasteiger partial charge < -0.3 is 10.2 Å². The lowest BCUT2D eigenvalue weighted by Gasteiger charge is -2.22. The van der Waals surface area contributed by atoms with E-state index in [0.29, 0.717) is 0 Å². The molecule has 0 amide bonds. The summed E-state index contributed by atoms with van der Waals surface area (Å²) in [4.78, 5) is 2.34. The molecule has 15 heavy (non-hydrogen) atoms. The average molecular weight is 271 g/mol. The van der Waals surface area contributed by atoms with E-state index in [4.69, 9.17) is 0 Å². The van der Waals surface area contributed by atoms with Gasteiger partial charge in [0.15, 0.2) is 0 Å². The van der Waals surface area contributed by atoms with Crippen molar-refractivity contribution in [1.29, 1.82) is 0 Å². The van der Waals surface area contributed by atoms with Gasteiger partial charge >= 0.3 is 0 Å². The minimum atomic E-state index is 0.914. The zero-order chi connectivity index (χ0) is 11.3. The van der Waals surface area contributed by atoms with Gasteiger partial charge in [-0.15, -0.1) is 0 Å².